The second-order valence-electron chi connectivity index (χ2n) is 7.02. The van der Waals surface area contributed by atoms with E-state index in [2.05, 4.69) is 33.5 Å². The number of nitrogens with zero attached hydrogens (tertiary/aromatic N) is 3. The predicted molar refractivity (Wildman–Crippen MR) is 97.7 cm³/mol. The Morgan fingerprint density at radius 3 is 3.08 bits per heavy atom. The molecule has 0 amide bonds. The molecular formula is C20H26N4O. The molecule has 0 saturated carbocycles. The molecule has 5 nitrogen and oxygen atoms in total. The first-order valence-corrected chi connectivity index (χ1v) is 9.23. The lowest BCUT2D eigenvalue weighted by molar-refractivity contribution is 0.238. The smallest absolute Gasteiger partial charge is 0.132 e. The normalized spacial score (nSPS) is 20.9. The van der Waals surface area contributed by atoms with Crippen LogP contribution in [0.3, 0.4) is 0 Å². The highest BCUT2D eigenvalue weighted by Crippen LogP contribution is 2.25. The second-order valence-corrected chi connectivity index (χ2v) is 7.02. The van der Waals surface area contributed by atoms with Crippen LogP contribution in [0.25, 0.3) is 0 Å². The SMILES string of the molecule is COc1ccccc1CN1CCc2nc(C3CCCNC3)ncc2C1. The fourth-order valence-corrected chi connectivity index (χ4v) is 3.87. The zero-order valence-electron chi connectivity index (χ0n) is 14.9. The third-order valence-corrected chi connectivity index (χ3v) is 5.28. The number of fused-ring (bicyclic) bond motifs is 1. The van der Waals surface area contributed by atoms with E-state index in [-0.39, 0.29) is 0 Å². The average Bonchev–Trinajstić information content (AvgIpc) is 2.68. The Morgan fingerprint density at radius 1 is 1.32 bits per heavy atom. The zero-order valence-corrected chi connectivity index (χ0v) is 14.9. The van der Waals surface area contributed by atoms with Gasteiger partial charge in [-0.15, -0.1) is 0 Å². The van der Waals surface area contributed by atoms with Gasteiger partial charge in [0.1, 0.15) is 11.6 Å². The Hall–Kier alpha value is -1.98. The molecule has 5 heteroatoms. The minimum absolute atomic E-state index is 0.477. The van der Waals surface area contributed by atoms with Crippen molar-refractivity contribution in [2.75, 3.05) is 26.7 Å². The van der Waals surface area contributed by atoms with Gasteiger partial charge in [0.25, 0.3) is 0 Å². The average molecular weight is 338 g/mol. The maximum atomic E-state index is 5.48. The van der Waals surface area contributed by atoms with Crippen LogP contribution in [-0.2, 0) is 19.5 Å². The van der Waals surface area contributed by atoms with Gasteiger partial charge >= 0.3 is 0 Å². The maximum Gasteiger partial charge on any atom is 0.132 e. The first kappa shape index (κ1) is 16.5. The summed E-state index contributed by atoms with van der Waals surface area (Å²) in [6.07, 6.45) is 5.48. The summed E-state index contributed by atoms with van der Waals surface area (Å²) in [5.41, 5.74) is 3.75. The Labute approximate surface area is 149 Å². The molecule has 0 radical (unpaired) electrons. The van der Waals surface area contributed by atoms with Gasteiger partial charge in [-0.3, -0.25) is 4.90 Å². The summed E-state index contributed by atoms with van der Waals surface area (Å²) >= 11 is 0. The predicted octanol–water partition coefficient (Wildman–Crippen LogP) is 2.51. The van der Waals surface area contributed by atoms with Gasteiger partial charge in [-0.1, -0.05) is 18.2 Å². The van der Waals surface area contributed by atoms with Gasteiger partial charge < -0.3 is 10.1 Å². The number of benzene rings is 1. The molecule has 1 atom stereocenters. The summed E-state index contributed by atoms with van der Waals surface area (Å²) in [4.78, 5) is 12.0. The summed E-state index contributed by atoms with van der Waals surface area (Å²) in [7, 11) is 1.74. The van der Waals surface area contributed by atoms with Crippen LogP contribution in [0.1, 0.15) is 41.4 Å². The number of para-hydroxylation sites is 1. The minimum atomic E-state index is 0.477. The van der Waals surface area contributed by atoms with Crippen LogP contribution in [0, 0.1) is 0 Å². The first-order chi connectivity index (χ1) is 12.3. The van der Waals surface area contributed by atoms with E-state index in [0.717, 1.165) is 50.7 Å². The fourth-order valence-electron chi connectivity index (χ4n) is 3.87. The van der Waals surface area contributed by atoms with Crippen molar-refractivity contribution in [3.8, 4) is 5.75 Å². The number of hydrogen-bond acceptors (Lipinski definition) is 5. The van der Waals surface area contributed by atoms with Crippen molar-refractivity contribution in [1.29, 1.82) is 0 Å². The molecule has 0 aliphatic carbocycles. The Bertz CT molecular complexity index is 727. The molecule has 2 aromatic rings. The van der Waals surface area contributed by atoms with Gasteiger partial charge in [-0.2, -0.15) is 0 Å². The van der Waals surface area contributed by atoms with E-state index in [1.165, 1.54) is 29.7 Å². The molecule has 1 fully saturated rings. The van der Waals surface area contributed by atoms with E-state index in [4.69, 9.17) is 9.72 Å². The van der Waals surface area contributed by atoms with Gasteiger partial charge in [0.2, 0.25) is 0 Å². The van der Waals surface area contributed by atoms with Gasteiger partial charge in [0.05, 0.1) is 7.11 Å². The highest BCUT2D eigenvalue weighted by molar-refractivity contribution is 5.33. The largest absolute Gasteiger partial charge is 0.496 e. The Balaban J connectivity index is 1.46. The van der Waals surface area contributed by atoms with Crippen LogP contribution in [0.5, 0.6) is 5.75 Å². The molecular weight excluding hydrogens is 312 g/mol. The summed E-state index contributed by atoms with van der Waals surface area (Å²) in [6, 6.07) is 8.26. The molecule has 0 bridgehead atoms. The highest BCUT2D eigenvalue weighted by Gasteiger charge is 2.23. The molecule has 25 heavy (non-hydrogen) atoms. The third kappa shape index (κ3) is 3.67. The Morgan fingerprint density at radius 2 is 2.24 bits per heavy atom. The minimum Gasteiger partial charge on any atom is -0.496 e. The monoisotopic (exact) mass is 338 g/mol. The van der Waals surface area contributed by atoms with Gasteiger partial charge in [-0.05, 0) is 25.5 Å². The van der Waals surface area contributed by atoms with Crippen molar-refractivity contribution < 1.29 is 4.74 Å². The maximum absolute atomic E-state index is 5.48. The number of ether oxygens (including phenoxy) is 1. The molecule has 1 aromatic carbocycles. The molecule has 2 aliphatic heterocycles. The molecule has 132 valence electrons. The number of methoxy groups -OCH3 is 1. The van der Waals surface area contributed by atoms with Crippen LogP contribution < -0.4 is 10.1 Å². The van der Waals surface area contributed by atoms with Crippen LogP contribution >= 0.6 is 0 Å². The molecule has 0 spiro atoms. The van der Waals surface area contributed by atoms with Crippen molar-refractivity contribution in [2.45, 2.75) is 38.3 Å². The fraction of sp³-hybridized carbons (Fsp3) is 0.500. The molecule has 1 aromatic heterocycles. The number of hydrogen-bond donors (Lipinski definition) is 1. The number of aromatic nitrogens is 2. The van der Waals surface area contributed by atoms with Crippen molar-refractivity contribution in [1.82, 2.24) is 20.2 Å². The summed E-state index contributed by atoms with van der Waals surface area (Å²) in [5.74, 6) is 2.47. The van der Waals surface area contributed by atoms with E-state index in [9.17, 15) is 0 Å². The summed E-state index contributed by atoms with van der Waals surface area (Å²) < 4.78 is 5.48. The van der Waals surface area contributed by atoms with Gasteiger partial charge in [0.15, 0.2) is 0 Å². The van der Waals surface area contributed by atoms with Crippen molar-refractivity contribution in [3.63, 3.8) is 0 Å². The van der Waals surface area contributed by atoms with Crippen LogP contribution in [0.2, 0.25) is 0 Å². The lowest BCUT2D eigenvalue weighted by Crippen LogP contribution is -2.33. The van der Waals surface area contributed by atoms with Gasteiger partial charge in [-0.25, -0.2) is 9.97 Å². The first-order valence-electron chi connectivity index (χ1n) is 9.23. The van der Waals surface area contributed by atoms with E-state index < -0.39 is 0 Å². The third-order valence-electron chi connectivity index (χ3n) is 5.28. The van der Waals surface area contributed by atoms with Crippen LogP contribution in [0.15, 0.2) is 30.5 Å². The molecule has 1 N–H and O–H groups in total. The van der Waals surface area contributed by atoms with E-state index in [0.29, 0.717) is 5.92 Å². The molecule has 1 saturated heterocycles. The highest BCUT2D eigenvalue weighted by atomic mass is 16.5. The van der Waals surface area contributed by atoms with Crippen LogP contribution in [-0.4, -0.2) is 41.6 Å². The standard InChI is InChI=1S/C20H26N4O/c1-25-19-7-3-2-5-16(19)13-24-10-8-18-17(14-24)12-22-20(23-18)15-6-4-9-21-11-15/h2-3,5,7,12,15,21H,4,6,8-11,13-14H2,1H3. The molecule has 3 heterocycles. The van der Waals surface area contributed by atoms with E-state index in [1.54, 1.807) is 7.11 Å². The van der Waals surface area contributed by atoms with Crippen molar-refractivity contribution in [2.24, 2.45) is 0 Å². The summed E-state index contributed by atoms with van der Waals surface area (Å²) in [6.45, 7) is 4.98. The van der Waals surface area contributed by atoms with E-state index in [1.807, 2.05) is 12.1 Å². The Kier molecular flexibility index (Phi) is 4.95. The lowest BCUT2D eigenvalue weighted by Gasteiger charge is -2.29. The summed E-state index contributed by atoms with van der Waals surface area (Å²) in [5, 5.41) is 3.46. The number of piperidine rings is 1. The molecule has 2 aliphatic rings. The van der Waals surface area contributed by atoms with E-state index >= 15 is 0 Å². The topological polar surface area (TPSA) is 50.3 Å². The van der Waals surface area contributed by atoms with Crippen molar-refractivity contribution in [3.05, 3.63) is 53.1 Å². The molecule has 1 unspecified atom stereocenters. The van der Waals surface area contributed by atoms with Gasteiger partial charge in [0, 0.05) is 61.5 Å². The quantitative estimate of drug-likeness (QED) is 0.928. The number of nitrogens with one attached hydrogen (secondary N) is 1. The van der Waals surface area contributed by atoms with Crippen LogP contribution in [0.4, 0.5) is 0 Å². The lowest BCUT2D eigenvalue weighted by atomic mass is 9.98. The molecule has 4 rings (SSSR count). The second kappa shape index (κ2) is 7.50. The zero-order chi connectivity index (χ0) is 17.1. The number of rotatable bonds is 4. The van der Waals surface area contributed by atoms with Crippen molar-refractivity contribution >= 4 is 0 Å².